The Kier molecular flexibility index (Phi) is 4.98. The molecular weight excluding hydrogens is 296 g/mol. The molecule has 1 aromatic heterocycles. The molecule has 106 valence electrons. The lowest BCUT2D eigenvalue weighted by atomic mass is 10.3. The van der Waals surface area contributed by atoms with Crippen LogP contribution >= 0.6 is 22.9 Å². The van der Waals surface area contributed by atoms with Crippen LogP contribution in [0.4, 0.5) is 5.13 Å². The van der Waals surface area contributed by atoms with Crippen LogP contribution in [0, 0.1) is 6.92 Å². The van der Waals surface area contributed by atoms with E-state index in [1.54, 1.807) is 24.3 Å². The Bertz CT molecular complexity index is 596. The summed E-state index contributed by atoms with van der Waals surface area (Å²) in [5.74, 6) is 0.380. The van der Waals surface area contributed by atoms with E-state index in [-0.39, 0.29) is 12.5 Å². The van der Waals surface area contributed by atoms with Gasteiger partial charge in [0.25, 0.3) is 5.91 Å². The van der Waals surface area contributed by atoms with Gasteiger partial charge >= 0.3 is 0 Å². The quantitative estimate of drug-likeness (QED) is 0.916. The lowest BCUT2D eigenvalue weighted by Gasteiger charge is -2.05. The number of hydrogen-bond donors (Lipinski definition) is 1. The van der Waals surface area contributed by atoms with E-state index in [4.69, 9.17) is 16.3 Å². The summed E-state index contributed by atoms with van der Waals surface area (Å²) >= 11 is 7.25. The maximum atomic E-state index is 11.8. The highest BCUT2D eigenvalue weighted by molar-refractivity contribution is 7.15. The second kappa shape index (κ2) is 6.72. The number of aromatic nitrogens is 1. The fourth-order valence-corrected chi connectivity index (χ4v) is 2.69. The van der Waals surface area contributed by atoms with Crippen molar-refractivity contribution in [2.45, 2.75) is 20.3 Å². The standard InChI is InChI=1S/C14H15ClN2O2S/c1-3-12-9(2)20-14(16-12)17-13(18)8-19-11-6-4-10(15)5-7-11/h4-7H,3,8H2,1-2H3,(H,16,17,18). The van der Waals surface area contributed by atoms with Gasteiger partial charge in [0.1, 0.15) is 5.75 Å². The monoisotopic (exact) mass is 310 g/mol. The van der Waals surface area contributed by atoms with E-state index in [0.717, 1.165) is 17.0 Å². The van der Waals surface area contributed by atoms with Crippen molar-refractivity contribution >= 4 is 34.0 Å². The van der Waals surface area contributed by atoms with E-state index >= 15 is 0 Å². The van der Waals surface area contributed by atoms with Crippen molar-refractivity contribution in [3.63, 3.8) is 0 Å². The van der Waals surface area contributed by atoms with Crippen LogP contribution in [0.1, 0.15) is 17.5 Å². The Balaban J connectivity index is 1.87. The largest absolute Gasteiger partial charge is 0.484 e. The molecule has 20 heavy (non-hydrogen) atoms. The Labute approximate surface area is 126 Å². The van der Waals surface area contributed by atoms with Gasteiger partial charge in [-0.2, -0.15) is 0 Å². The van der Waals surface area contributed by atoms with Crippen molar-refractivity contribution in [1.82, 2.24) is 4.98 Å². The predicted octanol–water partition coefficient (Wildman–Crippen LogP) is 3.68. The van der Waals surface area contributed by atoms with Gasteiger partial charge in [-0.05, 0) is 37.6 Å². The predicted molar refractivity (Wildman–Crippen MR) is 81.8 cm³/mol. The third-order valence-electron chi connectivity index (χ3n) is 2.66. The second-order valence-electron chi connectivity index (χ2n) is 4.17. The van der Waals surface area contributed by atoms with Crippen molar-refractivity contribution in [2.24, 2.45) is 0 Å². The molecule has 0 saturated carbocycles. The number of rotatable bonds is 5. The molecule has 4 nitrogen and oxygen atoms in total. The summed E-state index contributed by atoms with van der Waals surface area (Å²) in [5, 5.41) is 3.98. The minimum absolute atomic E-state index is 0.0539. The van der Waals surface area contributed by atoms with E-state index < -0.39 is 0 Å². The van der Waals surface area contributed by atoms with Gasteiger partial charge in [0.15, 0.2) is 11.7 Å². The molecule has 0 saturated heterocycles. The molecule has 1 heterocycles. The number of hydrogen-bond acceptors (Lipinski definition) is 4. The highest BCUT2D eigenvalue weighted by Crippen LogP contribution is 2.22. The van der Waals surface area contributed by atoms with Crippen molar-refractivity contribution in [1.29, 1.82) is 0 Å². The first-order valence-electron chi connectivity index (χ1n) is 6.23. The molecule has 0 radical (unpaired) electrons. The molecule has 2 aromatic rings. The van der Waals surface area contributed by atoms with E-state index in [1.807, 2.05) is 13.8 Å². The molecule has 0 bridgehead atoms. The zero-order chi connectivity index (χ0) is 14.5. The van der Waals surface area contributed by atoms with Crippen LogP contribution in [0.3, 0.4) is 0 Å². The SMILES string of the molecule is CCc1nc(NC(=O)COc2ccc(Cl)cc2)sc1C. The van der Waals surface area contributed by atoms with Gasteiger partial charge in [0.05, 0.1) is 5.69 Å². The topological polar surface area (TPSA) is 51.2 Å². The van der Waals surface area contributed by atoms with E-state index in [1.165, 1.54) is 11.3 Å². The first kappa shape index (κ1) is 14.8. The van der Waals surface area contributed by atoms with Crippen molar-refractivity contribution in [3.05, 3.63) is 39.9 Å². The first-order chi connectivity index (χ1) is 9.58. The Morgan fingerprint density at radius 3 is 2.70 bits per heavy atom. The van der Waals surface area contributed by atoms with Crippen LogP contribution in [-0.4, -0.2) is 17.5 Å². The van der Waals surface area contributed by atoms with E-state index in [2.05, 4.69) is 10.3 Å². The summed E-state index contributed by atoms with van der Waals surface area (Å²) in [4.78, 5) is 17.2. The summed E-state index contributed by atoms with van der Waals surface area (Å²) in [7, 11) is 0. The average Bonchev–Trinajstić information content (AvgIpc) is 2.78. The molecule has 1 amide bonds. The number of amides is 1. The number of aryl methyl sites for hydroxylation is 2. The Morgan fingerprint density at radius 2 is 2.10 bits per heavy atom. The normalized spacial score (nSPS) is 10.3. The highest BCUT2D eigenvalue weighted by Gasteiger charge is 2.09. The van der Waals surface area contributed by atoms with Gasteiger partial charge < -0.3 is 4.74 Å². The number of thiazole rings is 1. The average molecular weight is 311 g/mol. The fraction of sp³-hybridized carbons (Fsp3) is 0.286. The summed E-state index contributed by atoms with van der Waals surface area (Å²) in [6.07, 6.45) is 0.861. The molecule has 6 heteroatoms. The molecule has 0 spiro atoms. The molecule has 1 N–H and O–H groups in total. The minimum atomic E-state index is -0.226. The van der Waals surface area contributed by atoms with Gasteiger partial charge in [-0.1, -0.05) is 18.5 Å². The molecule has 0 atom stereocenters. The van der Waals surface area contributed by atoms with Crippen LogP contribution in [0.15, 0.2) is 24.3 Å². The number of halogens is 1. The maximum Gasteiger partial charge on any atom is 0.264 e. The lowest BCUT2D eigenvalue weighted by Crippen LogP contribution is -2.20. The number of nitrogens with zero attached hydrogens (tertiary/aromatic N) is 1. The van der Waals surface area contributed by atoms with Gasteiger partial charge in [0.2, 0.25) is 0 Å². The zero-order valence-electron chi connectivity index (χ0n) is 11.3. The van der Waals surface area contributed by atoms with Crippen LogP contribution in [0.5, 0.6) is 5.75 Å². The third-order valence-corrected chi connectivity index (χ3v) is 3.84. The molecule has 0 aliphatic rings. The molecule has 0 aliphatic carbocycles. The van der Waals surface area contributed by atoms with Crippen LogP contribution in [-0.2, 0) is 11.2 Å². The number of benzene rings is 1. The van der Waals surface area contributed by atoms with Gasteiger partial charge in [-0.25, -0.2) is 4.98 Å². The third kappa shape index (κ3) is 3.95. The van der Waals surface area contributed by atoms with Crippen LogP contribution < -0.4 is 10.1 Å². The molecule has 0 fully saturated rings. The number of carbonyl (C=O) groups excluding carboxylic acids is 1. The van der Waals surface area contributed by atoms with Gasteiger partial charge in [-0.3, -0.25) is 10.1 Å². The van der Waals surface area contributed by atoms with Crippen molar-refractivity contribution < 1.29 is 9.53 Å². The molecule has 0 unspecified atom stereocenters. The molecular formula is C14H15ClN2O2S. The van der Waals surface area contributed by atoms with E-state index in [0.29, 0.717) is 15.9 Å². The lowest BCUT2D eigenvalue weighted by molar-refractivity contribution is -0.118. The Morgan fingerprint density at radius 1 is 1.40 bits per heavy atom. The summed E-state index contributed by atoms with van der Waals surface area (Å²) < 4.78 is 5.36. The second-order valence-corrected chi connectivity index (χ2v) is 5.81. The summed E-state index contributed by atoms with van der Waals surface area (Å²) in [5.41, 5.74) is 1.02. The first-order valence-corrected chi connectivity index (χ1v) is 7.42. The minimum Gasteiger partial charge on any atom is -0.484 e. The summed E-state index contributed by atoms with van der Waals surface area (Å²) in [6.45, 7) is 3.98. The number of ether oxygens (including phenoxy) is 1. The molecule has 0 aliphatic heterocycles. The smallest absolute Gasteiger partial charge is 0.264 e. The number of anilines is 1. The number of nitrogens with one attached hydrogen (secondary N) is 1. The summed E-state index contributed by atoms with van der Waals surface area (Å²) in [6, 6.07) is 6.87. The number of carbonyl (C=O) groups is 1. The zero-order valence-corrected chi connectivity index (χ0v) is 12.8. The molecule has 1 aromatic carbocycles. The van der Waals surface area contributed by atoms with Crippen LogP contribution in [0.2, 0.25) is 5.02 Å². The maximum absolute atomic E-state index is 11.8. The van der Waals surface area contributed by atoms with Gasteiger partial charge in [0, 0.05) is 9.90 Å². The van der Waals surface area contributed by atoms with Gasteiger partial charge in [-0.15, -0.1) is 11.3 Å². The fourth-order valence-electron chi connectivity index (χ4n) is 1.64. The Hall–Kier alpha value is -1.59. The van der Waals surface area contributed by atoms with Crippen molar-refractivity contribution in [3.8, 4) is 5.75 Å². The molecule has 2 rings (SSSR count). The highest BCUT2D eigenvalue weighted by atomic mass is 35.5. The van der Waals surface area contributed by atoms with Crippen molar-refractivity contribution in [2.75, 3.05) is 11.9 Å². The van der Waals surface area contributed by atoms with E-state index in [9.17, 15) is 4.79 Å². The van der Waals surface area contributed by atoms with Crippen LogP contribution in [0.25, 0.3) is 0 Å².